The van der Waals surface area contributed by atoms with E-state index in [0.29, 0.717) is 0 Å². The van der Waals surface area contributed by atoms with E-state index in [2.05, 4.69) is 20.8 Å². The van der Waals surface area contributed by atoms with Crippen LogP contribution in [0.1, 0.15) is 39.3 Å². The summed E-state index contributed by atoms with van der Waals surface area (Å²) in [5.74, 6) is 0. The molecule has 0 aliphatic carbocycles. The highest BCUT2D eigenvalue weighted by Gasteiger charge is 2.60. The summed E-state index contributed by atoms with van der Waals surface area (Å²) >= 11 is 1.46. The predicted octanol–water partition coefficient (Wildman–Crippen LogP) is 4.93. The monoisotopic (exact) mass is 375 g/mol. The Hall–Kier alpha value is -1.30. The number of benzene rings is 2. The Labute approximate surface area is 155 Å². The van der Waals surface area contributed by atoms with Gasteiger partial charge in [0.25, 0.3) is 0 Å². The maximum absolute atomic E-state index is 13.1. The zero-order chi connectivity index (χ0) is 18.2. The fourth-order valence-corrected chi connectivity index (χ4v) is 8.06. The average molecular weight is 376 g/mol. The second-order valence-corrected chi connectivity index (χ2v) is 11.0. The van der Waals surface area contributed by atoms with Gasteiger partial charge in [0, 0.05) is 10.9 Å². The van der Waals surface area contributed by atoms with E-state index in [-0.39, 0.29) is 17.5 Å². The summed E-state index contributed by atoms with van der Waals surface area (Å²) in [5, 5.41) is 0. The van der Waals surface area contributed by atoms with Crippen LogP contribution in [0.15, 0.2) is 65.6 Å². The third kappa shape index (κ3) is 3.50. The highest BCUT2D eigenvalue weighted by atomic mass is 32.3. The number of sulfonamides is 1. The van der Waals surface area contributed by atoms with Gasteiger partial charge in [0.05, 0.1) is 6.04 Å². The third-order valence-corrected chi connectivity index (χ3v) is 8.69. The first-order chi connectivity index (χ1) is 11.7. The number of nitrogens with zero attached hydrogens (tertiary/aromatic N) is 1. The molecule has 0 amide bonds. The topological polar surface area (TPSA) is 37.4 Å². The summed E-state index contributed by atoms with van der Waals surface area (Å²) in [7, 11) is -3.34. The maximum atomic E-state index is 13.1. The van der Waals surface area contributed by atoms with Crippen LogP contribution in [0.5, 0.6) is 0 Å². The van der Waals surface area contributed by atoms with Gasteiger partial charge in [0.1, 0.15) is 4.58 Å². The molecule has 0 unspecified atom stereocenters. The van der Waals surface area contributed by atoms with Crippen LogP contribution in [0.3, 0.4) is 0 Å². The van der Waals surface area contributed by atoms with E-state index >= 15 is 0 Å². The molecule has 1 aliphatic heterocycles. The molecule has 0 saturated carbocycles. The number of hydrogen-bond acceptors (Lipinski definition) is 3. The van der Waals surface area contributed by atoms with Crippen molar-refractivity contribution in [1.29, 1.82) is 0 Å². The molecular formula is C20H25NO2S2. The summed E-state index contributed by atoms with van der Waals surface area (Å²) in [6, 6.07) is 19.5. The van der Waals surface area contributed by atoms with Crippen LogP contribution in [-0.2, 0) is 10.0 Å². The van der Waals surface area contributed by atoms with Crippen LogP contribution in [-0.4, -0.2) is 23.3 Å². The largest absolute Gasteiger partial charge is 0.229 e. The Balaban J connectivity index is 1.94. The lowest BCUT2D eigenvalue weighted by molar-refractivity contribution is 0.121. The first-order valence-electron chi connectivity index (χ1n) is 8.52. The van der Waals surface area contributed by atoms with E-state index in [1.54, 1.807) is 4.31 Å². The van der Waals surface area contributed by atoms with Gasteiger partial charge in [-0.2, -0.15) is 4.31 Å². The second kappa shape index (κ2) is 6.78. The summed E-state index contributed by atoms with van der Waals surface area (Å²) < 4.78 is 27.5. The number of thioether (sulfide) groups is 1. The summed E-state index contributed by atoms with van der Waals surface area (Å²) in [4.78, 5) is 0.998. The molecule has 1 aliphatic rings. The first-order valence-corrected chi connectivity index (χ1v) is 10.9. The van der Waals surface area contributed by atoms with Gasteiger partial charge in [-0.3, -0.25) is 0 Å². The third-order valence-electron chi connectivity index (χ3n) is 4.67. The van der Waals surface area contributed by atoms with Crippen molar-refractivity contribution in [1.82, 2.24) is 4.31 Å². The molecule has 0 spiro atoms. The zero-order valence-electron chi connectivity index (χ0n) is 15.1. The van der Waals surface area contributed by atoms with Crippen molar-refractivity contribution in [3.05, 3.63) is 66.2 Å². The molecule has 25 heavy (non-hydrogen) atoms. The molecule has 0 radical (unpaired) electrons. The Kier molecular flexibility index (Phi) is 5.02. The molecule has 0 aromatic heterocycles. The van der Waals surface area contributed by atoms with Crippen molar-refractivity contribution in [3.63, 3.8) is 0 Å². The quantitative estimate of drug-likeness (QED) is 0.761. The van der Waals surface area contributed by atoms with Gasteiger partial charge in [0.2, 0.25) is 10.0 Å². The fraction of sp³-hybridized carbons (Fsp3) is 0.400. The SMILES string of the molecule is C[C@@H](c1ccccc1)N1[C@@H](C(C)(C)C)[C@H](Sc2ccccc2)S1(=O)=O. The predicted molar refractivity (Wildman–Crippen MR) is 105 cm³/mol. The minimum Gasteiger partial charge on any atom is -0.211 e. The molecule has 3 atom stereocenters. The van der Waals surface area contributed by atoms with E-state index in [4.69, 9.17) is 0 Å². The van der Waals surface area contributed by atoms with Crippen LogP contribution in [0.2, 0.25) is 0 Å². The van der Waals surface area contributed by atoms with E-state index < -0.39 is 14.6 Å². The van der Waals surface area contributed by atoms with Crippen LogP contribution in [0.25, 0.3) is 0 Å². The van der Waals surface area contributed by atoms with Crippen LogP contribution in [0, 0.1) is 5.41 Å². The van der Waals surface area contributed by atoms with Crippen LogP contribution < -0.4 is 0 Å². The van der Waals surface area contributed by atoms with Gasteiger partial charge < -0.3 is 0 Å². The van der Waals surface area contributed by atoms with Gasteiger partial charge in [-0.05, 0) is 30.0 Å². The second-order valence-electron chi connectivity index (χ2n) is 7.57. The lowest BCUT2D eigenvalue weighted by atomic mass is 9.86. The Bertz CT molecular complexity index is 814. The number of hydrogen-bond donors (Lipinski definition) is 0. The van der Waals surface area contributed by atoms with Crippen molar-refractivity contribution in [2.45, 2.75) is 49.3 Å². The van der Waals surface area contributed by atoms with E-state index in [0.717, 1.165) is 10.5 Å². The fourth-order valence-electron chi connectivity index (χ4n) is 3.39. The molecule has 3 rings (SSSR count). The van der Waals surface area contributed by atoms with E-state index in [9.17, 15) is 8.42 Å². The van der Waals surface area contributed by atoms with Crippen LogP contribution in [0.4, 0.5) is 0 Å². The molecule has 3 nitrogen and oxygen atoms in total. The smallest absolute Gasteiger partial charge is 0.211 e. The standard InChI is InChI=1S/C20H25NO2S2/c1-15(16-11-7-5-8-12-16)21-18(20(2,3)4)19(25(21,22)23)24-17-13-9-6-10-14-17/h5-15,18-19H,1-4H3/t15-,18+,19+/m0/s1. The minimum atomic E-state index is -3.34. The molecule has 0 bridgehead atoms. The van der Waals surface area contributed by atoms with Crippen LogP contribution >= 0.6 is 11.8 Å². The molecule has 0 N–H and O–H groups in total. The van der Waals surface area contributed by atoms with Crippen molar-refractivity contribution >= 4 is 21.8 Å². The molecule has 1 saturated heterocycles. The normalized spacial score (nSPS) is 24.5. The molecule has 2 aromatic carbocycles. The Morgan fingerprint density at radius 2 is 1.48 bits per heavy atom. The summed E-state index contributed by atoms with van der Waals surface area (Å²) in [6.07, 6.45) is 0. The lowest BCUT2D eigenvalue weighted by Gasteiger charge is -2.54. The van der Waals surface area contributed by atoms with Gasteiger partial charge >= 0.3 is 0 Å². The summed E-state index contributed by atoms with van der Waals surface area (Å²) in [6.45, 7) is 8.34. The van der Waals surface area contributed by atoms with Crippen molar-refractivity contribution in [2.24, 2.45) is 5.41 Å². The van der Waals surface area contributed by atoms with Crippen molar-refractivity contribution < 1.29 is 8.42 Å². The molecule has 134 valence electrons. The molecule has 1 heterocycles. The Morgan fingerprint density at radius 1 is 0.960 bits per heavy atom. The summed E-state index contributed by atoms with van der Waals surface area (Å²) in [5.41, 5.74) is 0.893. The van der Waals surface area contributed by atoms with Crippen molar-refractivity contribution in [3.8, 4) is 0 Å². The highest BCUT2D eigenvalue weighted by molar-refractivity contribution is 8.13. The van der Waals surface area contributed by atoms with Crippen molar-refractivity contribution in [2.75, 3.05) is 0 Å². The molecule has 2 aromatic rings. The maximum Gasteiger partial charge on any atom is 0.229 e. The zero-order valence-corrected chi connectivity index (χ0v) is 16.7. The highest BCUT2D eigenvalue weighted by Crippen LogP contribution is 2.51. The first kappa shape index (κ1) is 18.5. The molecule has 5 heteroatoms. The molecular weight excluding hydrogens is 350 g/mol. The van der Waals surface area contributed by atoms with Gasteiger partial charge in [-0.15, -0.1) is 11.8 Å². The molecule has 1 fully saturated rings. The Morgan fingerprint density at radius 3 is 2.00 bits per heavy atom. The van der Waals surface area contributed by atoms with E-state index in [1.165, 1.54) is 11.8 Å². The average Bonchev–Trinajstić information content (AvgIpc) is 2.58. The van der Waals surface area contributed by atoms with Gasteiger partial charge in [0.15, 0.2) is 0 Å². The van der Waals surface area contributed by atoms with Gasteiger partial charge in [-0.1, -0.05) is 69.3 Å². The minimum absolute atomic E-state index is 0.0436. The van der Waals surface area contributed by atoms with Gasteiger partial charge in [-0.25, -0.2) is 8.42 Å². The number of rotatable bonds is 4. The lowest BCUT2D eigenvalue weighted by Crippen LogP contribution is -2.67. The van der Waals surface area contributed by atoms with E-state index in [1.807, 2.05) is 67.6 Å².